The maximum atomic E-state index is 15.2. The topological polar surface area (TPSA) is 115 Å². The van der Waals surface area contributed by atoms with Crippen molar-refractivity contribution in [3.63, 3.8) is 0 Å². The zero-order chi connectivity index (χ0) is 22.1. The Labute approximate surface area is 174 Å². The third kappa shape index (κ3) is 5.53. The average Bonchev–Trinajstić information content (AvgIpc) is 2.74. The summed E-state index contributed by atoms with van der Waals surface area (Å²) in [7, 11) is 0. The lowest BCUT2D eigenvalue weighted by Gasteiger charge is -2.21. The van der Waals surface area contributed by atoms with Gasteiger partial charge in [-0.05, 0) is 51.1 Å². The molecule has 0 saturated carbocycles. The van der Waals surface area contributed by atoms with Gasteiger partial charge in [-0.3, -0.25) is 0 Å². The van der Waals surface area contributed by atoms with Gasteiger partial charge in [-0.15, -0.1) is 0 Å². The number of carbonyl (C=O) groups is 1. The SMILES string of the molecule is CCOC(=O)[C@@H](Nc1ccc(/C(N)=N\O)cc1)c1cc(OCC)cc(OCC)c1F. The van der Waals surface area contributed by atoms with E-state index in [1.165, 1.54) is 12.1 Å². The maximum absolute atomic E-state index is 15.2. The van der Waals surface area contributed by atoms with E-state index in [1.807, 2.05) is 0 Å². The Morgan fingerprint density at radius 3 is 2.37 bits per heavy atom. The predicted molar refractivity (Wildman–Crippen MR) is 111 cm³/mol. The second-order valence-corrected chi connectivity index (χ2v) is 6.08. The Hall–Kier alpha value is -3.49. The number of ether oxygens (including phenoxy) is 3. The van der Waals surface area contributed by atoms with Gasteiger partial charge in [0.25, 0.3) is 0 Å². The zero-order valence-electron chi connectivity index (χ0n) is 17.1. The molecule has 0 bridgehead atoms. The quantitative estimate of drug-likeness (QED) is 0.178. The number of oxime groups is 1. The highest BCUT2D eigenvalue weighted by molar-refractivity contribution is 5.97. The lowest BCUT2D eigenvalue weighted by atomic mass is 10.0. The lowest BCUT2D eigenvalue weighted by Crippen LogP contribution is -2.25. The summed E-state index contributed by atoms with van der Waals surface area (Å²) in [5, 5.41) is 14.7. The van der Waals surface area contributed by atoms with E-state index < -0.39 is 17.8 Å². The van der Waals surface area contributed by atoms with Crippen LogP contribution in [0, 0.1) is 5.82 Å². The van der Waals surface area contributed by atoms with Gasteiger partial charge in [0.2, 0.25) is 0 Å². The van der Waals surface area contributed by atoms with Crippen LogP contribution in [0.5, 0.6) is 11.5 Å². The normalized spacial score (nSPS) is 12.2. The molecule has 30 heavy (non-hydrogen) atoms. The maximum Gasteiger partial charge on any atom is 0.333 e. The van der Waals surface area contributed by atoms with Crippen LogP contribution in [-0.2, 0) is 9.53 Å². The summed E-state index contributed by atoms with van der Waals surface area (Å²) in [6.45, 7) is 5.94. The molecule has 0 spiro atoms. The molecule has 0 aliphatic heterocycles. The number of nitrogens with one attached hydrogen (secondary N) is 1. The van der Waals surface area contributed by atoms with Crippen LogP contribution in [0.3, 0.4) is 0 Å². The molecule has 0 amide bonds. The smallest absolute Gasteiger partial charge is 0.333 e. The summed E-state index contributed by atoms with van der Waals surface area (Å²) in [5.41, 5.74) is 6.58. The van der Waals surface area contributed by atoms with Gasteiger partial charge in [-0.25, -0.2) is 9.18 Å². The molecule has 162 valence electrons. The van der Waals surface area contributed by atoms with Crippen molar-refractivity contribution in [3.05, 3.63) is 53.3 Å². The Morgan fingerprint density at radius 2 is 1.80 bits per heavy atom. The Morgan fingerprint density at radius 1 is 1.13 bits per heavy atom. The average molecular weight is 419 g/mol. The Kier molecular flexibility index (Phi) is 8.28. The molecule has 0 unspecified atom stereocenters. The molecule has 2 aromatic rings. The van der Waals surface area contributed by atoms with Crippen LogP contribution in [0.4, 0.5) is 10.1 Å². The molecule has 9 heteroatoms. The molecule has 2 aromatic carbocycles. The van der Waals surface area contributed by atoms with Gasteiger partial charge in [0.1, 0.15) is 5.75 Å². The number of benzene rings is 2. The monoisotopic (exact) mass is 419 g/mol. The molecule has 4 N–H and O–H groups in total. The summed E-state index contributed by atoms with van der Waals surface area (Å²) < 4.78 is 31.2. The van der Waals surface area contributed by atoms with Gasteiger partial charge in [-0.1, -0.05) is 5.16 Å². The van der Waals surface area contributed by atoms with Crippen LogP contribution >= 0.6 is 0 Å². The first-order chi connectivity index (χ1) is 14.4. The van der Waals surface area contributed by atoms with Crippen molar-refractivity contribution in [2.75, 3.05) is 25.1 Å². The molecule has 2 rings (SSSR count). The van der Waals surface area contributed by atoms with E-state index in [0.29, 0.717) is 23.6 Å². The Bertz CT molecular complexity index is 887. The third-order valence-electron chi connectivity index (χ3n) is 4.08. The number of halogens is 1. The molecule has 0 aliphatic rings. The van der Waals surface area contributed by atoms with E-state index in [9.17, 15) is 4.79 Å². The minimum absolute atomic E-state index is 0.0168. The van der Waals surface area contributed by atoms with Crippen LogP contribution in [0.15, 0.2) is 41.6 Å². The number of amidine groups is 1. The summed E-state index contributed by atoms with van der Waals surface area (Å²) in [6, 6.07) is 8.16. The van der Waals surface area contributed by atoms with E-state index in [0.717, 1.165) is 0 Å². The number of esters is 1. The molecule has 0 radical (unpaired) electrons. The second-order valence-electron chi connectivity index (χ2n) is 6.08. The van der Waals surface area contributed by atoms with Crippen molar-refractivity contribution in [2.24, 2.45) is 10.9 Å². The summed E-state index contributed by atoms with van der Waals surface area (Å²) in [6.07, 6.45) is 0. The molecular formula is C21H26FN3O5. The van der Waals surface area contributed by atoms with Gasteiger partial charge in [0, 0.05) is 22.9 Å². The molecule has 0 saturated heterocycles. The molecule has 0 aliphatic carbocycles. The van der Waals surface area contributed by atoms with E-state index in [1.54, 1.807) is 45.0 Å². The van der Waals surface area contributed by atoms with Crippen LogP contribution in [0.1, 0.15) is 37.9 Å². The van der Waals surface area contributed by atoms with Gasteiger partial charge < -0.3 is 30.5 Å². The van der Waals surface area contributed by atoms with Crippen LogP contribution in [-0.4, -0.2) is 36.8 Å². The zero-order valence-corrected chi connectivity index (χ0v) is 17.1. The van der Waals surface area contributed by atoms with Gasteiger partial charge in [0.05, 0.1) is 19.8 Å². The first-order valence-electron chi connectivity index (χ1n) is 9.55. The summed E-state index contributed by atoms with van der Waals surface area (Å²) in [5.74, 6) is -1.04. The minimum Gasteiger partial charge on any atom is -0.494 e. The van der Waals surface area contributed by atoms with E-state index >= 15 is 4.39 Å². The van der Waals surface area contributed by atoms with Gasteiger partial charge >= 0.3 is 5.97 Å². The Balaban J connectivity index is 2.47. The van der Waals surface area contributed by atoms with E-state index in [4.69, 9.17) is 25.2 Å². The highest BCUT2D eigenvalue weighted by Gasteiger charge is 2.28. The predicted octanol–water partition coefficient (Wildman–Crippen LogP) is 3.43. The van der Waals surface area contributed by atoms with E-state index in [2.05, 4.69) is 10.5 Å². The molecule has 0 aromatic heterocycles. The fourth-order valence-corrected chi connectivity index (χ4v) is 2.76. The fraction of sp³-hybridized carbons (Fsp3) is 0.333. The van der Waals surface area contributed by atoms with Crippen LogP contribution in [0.25, 0.3) is 0 Å². The van der Waals surface area contributed by atoms with Crippen molar-refractivity contribution in [2.45, 2.75) is 26.8 Å². The summed E-state index contributed by atoms with van der Waals surface area (Å²) in [4.78, 5) is 12.7. The number of hydrogen-bond donors (Lipinski definition) is 3. The molecule has 0 heterocycles. The molecule has 8 nitrogen and oxygen atoms in total. The van der Waals surface area contributed by atoms with Crippen molar-refractivity contribution in [1.29, 1.82) is 0 Å². The van der Waals surface area contributed by atoms with Crippen molar-refractivity contribution >= 4 is 17.5 Å². The third-order valence-corrected chi connectivity index (χ3v) is 4.08. The number of carbonyl (C=O) groups excluding carboxylic acids is 1. The van der Waals surface area contributed by atoms with Gasteiger partial charge in [-0.2, -0.15) is 0 Å². The first-order valence-corrected chi connectivity index (χ1v) is 9.55. The minimum atomic E-state index is -1.15. The molecular weight excluding hydrogens is 393 g/mol. The van der Waals surface area contributed by atoms with Crippen LogP contribution < -0.4 is 20.5 Å². The fourth-order valence-electron chi connectivity index (χ4n) is 2.76. The second kappa shape index (κ2) is 10.9. The highest BCUT2D eigenvalue weighted by atomic mass is 19.1. The van der Waals surface area contributed by atoms with Crippen molar-refractivity contribution in [1.82, 2.24) is 0 Å². The number of anilines is 1. The number of rotatable bonds is 10. The standard InChI is InChI=1S/C21H26FN3O5/c1-4-28-15-11-16(18(22)17(12-15)29-5-2)19(21(26)30-6-3)24-14-9-7-13(8-10-14)20(23)25-27/h7-12,19,24,27H,4-6H2,1-3H3,(H2,23,25)/t19-/m0/s1. The highest BCUT2D eigenvalue weighted by Crippen LogP contribution is 2.33. The summed E-state index contributed by atoms with van der Waals surface area (Å²) >= 11 is 0. The van der Waals surface area contributed by atoms with E-state index in [-0.39, 0.29) is 30.4 Å². The number of nitrogens with zero attached hydrogens (tertiary/aromatic N) is 1. The number of hydrogen-bond acceptors (Lipinski definition) is 7. The first kappa shape index (κ1) is 22.8. The van der Waals surface area contributed by atoms with Crippen LogP contribution in [0.2, 0.25) is 0 Å². The molecule has 0 fully saturated rings. The van der Waals surface area contributed by atoms with Crippen molar-refractivity contribution < 1.29 is 28.6 Å². The molecule has 1 atom stereocenters. The lowest BCUT2D eigenvalue weighted by molar-refractivity contribution is -0.144. The van der Waals surface area contributed by atoms with Crippen molar-refractivity contribution in [3.8, 4) is 11.5 Å². The number of nitrogens with two attached hydrogens (primary N) is 1. The van der Waals surface area contributed by atoms with Gasteiger partial charge in [0.15, 0.2) is 23.4 Å². The largest absolute Gasteiger partial charge is 0.494 e.